The number of likely N-dealkylation sites (N-methyl/N-ethyl adjacent to an activating group) is 1. The number of fused-ring (bicyclic) bond motifs is 3. The molecule has 0 saturated heterocycles. The molecule has 3 aromatic heterocycles. The van der Waals surface area contributed by atoms with Gasteiger partial charge in [0.15, 0.2) is 22.5 Å². The summed E-state index contributed by atoms with van der Waals surface area (Å²) in [5, 5.41) is 45.4. The number of carboxylic acids is 1. The molecule has 5 N–H and O–H groups in total. The van der Waals surface area contributed by atoms with Crippen LogP contribution in [0.5, 0.6) is 0 Å². The van der Waals surface area contributed by atoms with Gasteiger partial charge in [-0.2, -0.15) is 0 Å². The Morgan fingerprint density at radius 2 is 1.88 bits per heavy atom. The fourth-order valence-electron chi connectivity index (χ4n) is 11.7. The molecule has 4 saturated carbocycles. The third-order valence-electron chi connectivity index (χ3n) is 13.7. The third kappa shape index (κ3) is 8.53. The van der Waals surface area contributed by atoms with Crippen molar-refractivity contribution in [2.75, 3.05) is 56.7 Å². The number of aryl methyl sites for hydroxylation is 1. The van der Waals surface area contributed by atoms with Crippen LogP contribution in [-0.2, 0) is 11.2 Å². The summed E-state index contributed by atoms with van der Waals surface area (Å²) in [5.74, 6) is 1.62. The molecule has 5 aliphatic rings. The summed E-state index contributed by atoms with van der Waals surface area (Å²) in [6.07, 6.45) is 10.5. The molecule has 4 fully saturated rings. The van der Waals surface area contributed by atoms with Crippen molar-refractivity contribution in [3.05, 3.63) is 64.0 Å². The summed E-state index contributed by atoms with van der Waals surface area (Å²) in [6, 6.07) is 9.86. The highest BCUT2D eigenvalue weighted by molar-refractivity contribution is 7.22. The Kier molecular flexibility index (Phi) is 11.8. The zero-order chi connectivity index (χ0) is 42.4. The van der Waals surface area contributed by atoms with Gasteiger partial charge in [0.05, 0.1) is 22.4 Å². The first-order chi connectivity index (χ1) is 28.7. The van der Waals surface area contributed by atoms with Crippen molar-refractivity contribution >= 4 is 61.9 Å². The van der Waals surface area contributed by atoms with Gasteiger partial charge in [-0.05, 0) is 138 Å². The van der Waals surface area contributed by atoms with E-state index in [1.54, 1.807) is 17.4 Å². The number of aromatic carboxylic acids is 1. The van der Waals surface area contributed by atoms with Crippen LogP contribution in [0.25, 0.3) is 15.8 Å². The molecule has 4 heterocycles. The average Bonchev–Trinajstić information content (AvgIpc) is 3.53. The first-order valence-electron chi connectivity index (χ1n) is 21.6. The van der Waals surface area contributed by atoms with Gasteiger partial charge in [-0.1, -0.05) is 31.3 Å². The molecule has 4 bridgehead atoms. The number of aromatic nitrogens is 4. The van der Waals surface area contributed by atoms with Gasteiger partial charge in [-0.15, -0.1) is 10.2 Å². The van der Waals surface area contributed by atoms with Crippen LogP contribution < -0.4 is 15.5 Å². The lowest BCUT2D eigenvalue weighted by Gasteiger charge is -2.56. The number of aliphatic hydroxyl groups is 1. The summed E-state index contributed by atoms with van der Waals surface area (Å²) in [6.45, 7) is 15.0. The molecule has 13 nitrogen and oxygen atoms in total. The van der Waals surface area contributed by atoms with E-state index in [2.05, 4.69) is 71.7 Å². The molecule has 0 spiro atoms. The van der Waals surface area contributed by atoms with Gasteiger partial charge < -0.3 is 40.8 Å². The molecule has 5 atom stereocenters. The molecule has 0 radical (unpaired) electrons. The lowest BCUT2D eigenvalue weighted by Crippen LogP contribution is -2.53. The van der Waals surface area contributed by atoms with E-state index >= 15 is 0 Å². The van der Waals surface area contributed by atoms with E-state index in [-0.39, 0.29) is 28.7 Å². The van der Waals surface area contributed by atoms with Crippen molar-refractivity contribution in [3.63, 3.8) is 0 Å². The molecule has 320 valence electrons. The number of carbonyl (C=O) groups is 1. The van der Waals surface area contributed by atoms with Crippen molar-refractivity contribution in [2.24, 2.45) is 22.7 Å². The van der Waals surface area contributed by atoms with Crippen molar-refractivity contribution in [1.82, 2.24) is 30.4 Å². The Labute approximate surface area is 357 Å². The fourth-order valence-corrected chi connectivity index (χ4v) is 12.5. The molecule has 5 unspecified atom stereocenters. The average molecular weight is 836 g/mol. The van der Waals surface area contributed by atoms with Crippen molar-refractivity contribution < 1.29 is 19.7 Å². The lowest BCUT2D eigenvalue weighted by atomic mass is 9.53. The summed E-state index contributed by atoms with van der Waals surface area (Å²) < 4.78 is 8.00. The second-order valence-corrected chi connectivity index (χ2v) is 20.0. The Hall–Kier alpha value is -4.50. The van der Waals surface area contributed by atoms with E-state index in [0.29, 0.717) is 53.6 Å². The number of aliphatic hydroxyl groups excluding tert-OH is 1. The molecule has 60 heavy (non-hydrogen) atoms. The largest absolute Gasteiger partial charge is 0.476 e. The number of nitrogens with one attached hydrogen (secondary N) is 3. The standard InChI is InChI=1S/C46H61N9O4S/c1-28-10-12-37-36(19-28)49-43(60-37)51-40-29(2)33-9-7-15-55(41(33)53-52-40)38-13-11-34(39(50-38)42(57)58)35(23-47)30(3)48-24-32-21-45(5)25-44(4)20-31(32)22-46(26-44,27-45)59-18-16-54(6)14-8-17-56/h10-13,19,23,31-32,47-48,56H,7-9,14-18,20-22,24-27H2,1-6H3,(H,57,58)(H,49,51,52)/b35-30+,47-23?. The number of hydrogen-bond acceptors (Lipinski definition) is 13. The zero-order valence-electron chi connectivity index (χ0n) is 36.0. The first kappa shape index (κ1) is 42.2. The molecular weight excluding hydrogens is 775 g/mol. The van der Waals surface area contributed by atoms with Crippen LogP contribution in [0.4, 0.5) is 22.6 Å². The Morgan fingerprint density at radius 1 is 1.08 bits per heavy atom. The van der Waals surface area contributed by atoms with Gasteiger partial charge in [0.2, 0.25) is 0 Å². The molecule has 4 aromatic rings. The van der Waals surface area contributed by atoms with Crippen molar-refractivity contribution in [3.8, 4) is 0 Å². The topological polar surface area (TPSA) is 173 Å². The summed E-state index contributed by atoms with van der Waals surface area (Å²) in [4.78, 5) is 26.6. The normalized spacial score (nSPS) is 26.2. The maximum Gasteiger partial charge on any atom is 0.355 e. The Morgan fingerprint density at radius 3 is 2.65 bits per heavy atom. The van der Waals surface area contributed by atoms with Crippen molar-refractivity contribution in [1.29, 1.82) is 5.41 Å². The molecule has 0 amide bonds. The molecule has 1 aromatic carbocycles. The predicted molar refractivity (Wildman–Crippen MR) is 239 cm³/mol. The van der Waals surface area contributed by atoms with Crippen LogP contribution in [0.1, 0.15) is 105 Å². The number of hydrogen-bond donors (Lipinski definition) is 5. The highest BCUT2D eigenvalue weighted by Gasteiger charge is 2.60. The SMILES string of the molecule is C/C(NCC1CC2(C)CC3(C)CC1CC(OCCN(C)CCCO)(C2)C3)=C(/C=N)c1ccc(N2CCCc3c2nnc(Nc2nc4cc(C)ccc4s2)c3C)nc1C(=O)O. The minimum Gasteiger partial charge on any atom is -0.476 e. The Balaban J connectivity index is 0.991. The number of benzene rings is 1. The fraction of sp³-hybridized carbons (Fsp3) is 0.565. The first-order valence-corrected chi connectivity index (χ1v) is 22.4. The van der Waals surface area contributed by atoms with Crippen LogP contribution >= 0.6 is 11.3 Å². The van der Waals surface area contributed by atoms with E-state index in [1.807, 2.05) is 24.8 Å². The van der Waals surface area contributed by atoms with E-state index < -0.39 is 5.97 Å². The number of nitrogens with zero attached hydrogens (tertiary/aromatic N) is 6. The number of ether oxygens (including phenoxy) is 1. The van der Waals surface area contributed by atoms with Gasteiger partial charge in [0, 0.05) is 67.0 Å². The van der Waals surface area contributed by atoms with E-state index in [0.717, 1.165) is 102 Å². The number of allylic oxidation sites excluding steroid dienone is 2. The van der Waals surface area contributed by atoms with Crippen LogP contribution in [0.2, 0.25) is 0 Å². The van der Waals surface area contributed by atoms with Crippen LogP contribution in [-0.4, -0.2) is 99.5 Å². The molecule has 1 aliphatic heterocycles. The number of carboxylic acid groups (broad SMARTS) is 1. The third-order valence-corrected chi connectivity index (χ3v) is 14.7. The predicted octanol–water partition coefficient (Wildman–Crippen LogP) is 8.29. The number of anilines is 4. The molecule has 9 rings (SSSR count). The maximum atomic E-state index is 12.9. The zero-order valence-corrected chi connectivity index (χ0v) is 36.8. The molecule has 4 aliphatic carbocycles. The summed E-state index contributed by atoms with van der Waals surface area (Å²) in [5.41, 5.74) is 6.04. The van der Waals surface area contributed by atoms with Gasteiger partial charge in [-0.3, -0.25) is 0 Å². The quantitative estimate of drug-likeness (QED) is 0.0685. The van der Waals surface area contributed by atoms with E-state index in [1.165, 1.54) is 19.1 Å². The lowest BCUT2D eigenvalue weighted by molar-refractivity contribution is -0.165. The monoisotopic (exact) mass is 835 g/mol. The summed E-state index contributed by atoms with van der Waals surface area (Å²) >= 11 is 1.57. The number of thiazole rings is 1. The summed E-state index contributed by atoms with van der Waals surface area (Å²) in [7, 11) is 2.10. The Bertz CT molecular complexity index is 2310. The highest BCUT2D eigenvalue weighted by atomic mass is 32.1. The minimum atomic E-state index is -1.15. The minimum absolute atomic E-state index is 0.0970. The van der Waals surface area contributed by atoms with Gasteiger partial charge >= 0.3 is 5.97 Å². The second-order valence-electron chi connectivity index (χ2n) is 19.0. The van der Waals surface area contributed by atoms with E-state index in [9.17, 15) is 15.0 Å². The van der Waals surface area contributed by atoms with Gasteiger partial charge in [0.1, 0.15) is 5.82 Å². The van der Waals surface area contributed by atoms with Crippen LogP contribution in [0, 0.1) is 41.9 Å². The van der Waals surface area contributed by atoms with Gasteiger partial charge in [0.25, 0.3) is 0 Å². The van der Waals surface area contributed by atoms with E-state index in [4.69, 9.17) is 20.1 Å². The highest BCUT2D eigenvalue weighted by Crippen LogP contribution is 2.66. The van der Waals surface area contributed by atoms with Crippen LogP contribution in [0.3, 0.4) is 0 Å². The van der Waals surface area contributed by atoms with Gasteiger partial charge in [-0.25, -0.2) is 14.8 Å². The molecular formula is C46H61N9O4S. The van der Waals surface area contributed by atoms with Crippen molar-refractivity contribution in [2.45, 2.75) is 98.0 Å². The maximum absolute atomic E-state index is 12.9. The smallest absolute Gasteiger partial charge is 0.355 e. The number of pyridine rings is 1. The molecule has 14 heteroatoms. The number of rotatable bonds is 16. The van der Waals surface area contributed by atoms with Crippen LogP contribution in [0.15, 0.2) is 36.0 Å². The second kappa shape index (κ2) is 16.8.